The number of halogens is 3. The summed E-state index contributed by atoms with van der Waals surface area (Å²) in [5.41, 5.74) is -5.32. The van der Waals surface area contributed by atoms with Gasteiger partial charge in [-0.1, -0.05) is 0 Å². The van der Waals surface area contributed by atoms with Crippen molar-refractivity contribution in [3.8, 4) is 0 Å². The molecule has 0 unspecified atom stereocenters. The third kappa shape index (κ3) is 8.65. The molecule has 0 N–H and O–H groups in total. The van der Waals surface area contributed by atoms with E-state index in [1.54, 1.807) is 0 Å². The van der Waals surface area contributed by atoms with Crippen LogP contribution in [-0.4, -0.2) is 32.4 Å². The number of rotatable bonds is 11. The molecule has 0 spiro atoms. The number of alkyl halides is 3. The largest absolute Gasteiger partial charge is 0 e. The molecular weight excluding hydrogens is 432 g/mol. The summed E-state index contributed by atoms with van der Waals surface area (Å²) in [5, 5.41) is 0. The van der Waals surface area contributed by atoms with Gasteiger partial charge in [0.15, 0.2) is 0 Å². The van der Waals surface area contributed by atoms with Gasteiger partial charge in [0.2, 0.25) is 0 Å². The maximum atomic E-state index is 12.6. The molecule has 3 nitrogen and oxygen atoms in total. The second kappa shape index (κ2) is 11.4. The average Bonchev–Trinajstić information content (AvgIpc) is 2.38. The predicted octanol–water partition coefficient (Wildman–Crippen LogP) is 4.92. The Morgan fingerprint density at radius 3 is 1.41 bits per heavy atom. The van der Waals surface area contributed by atoms with Crippen molar-refractivity contribution in [2.45, 2.75) is 64.8 Å². The number of hydrogen-bond acceptors (Lipinski definition) is 3. The van der Waals surface area contributed by atoms with Gasteiger partial charge >= 0.3 is 126 Å². The van der Waals surface area contributed by atoms with E-state index < -0.39 is 23.1 Å². The topological polar surface area (TPSA) is 43.4 Å². The van der Waals surface area contributed by atoms with Crippen LogP contribution in [0.25, 0.3) is 0 Å². The third-order valence-electron chi connectivity index (χ3n) is 3.53. The first-order valence-electron chi connectivity index (χ1n) is 7.66. The molecule has 0 aromatic rings. The summed E-state index contributed by atoms with van der Waals surface area (Å²) in [6.07, 6.45) is 6.07. The Hall–Kier alpha value is 0.870. The van der Waals surface area contributed by atoms with Crippen LogP contribution in [0.15, 0.2) is 0 Å². The van der Waals surface area contributed by atoms with Crippen LogP contribution in [0.4, 0.5) is 13.2 Å². The van der Waals surface area contributed by atoms with Gasteiger partial charge in [0, 0.05) is 22.4 Å². The zero-order valence-corrected chi connectivity index (χ0v) is 16.7. The first-order chi connectivity index (χ1) is 9.64. The maximum Gasteiger partial charge on any atom is 0 e. The van der Waals surface area contributed by atoms with Crippen LogP contribution in [0.1, 0.15) is 59.3 Å². The summed E-state index contributed by atoms with van der Waals surface area (Å²) in [6, 6.07) is 0. The Morgan fingerprint density at radius 1 is 0.864 bits per heavy atom. The molecule has 141 valence electrons. The molecule has 0 fully saturated rings. The van der Waals surface area contributed by atoms with Crippen molar-refractivity contribution in [2.75, 3.05) is 18.5 Å². The molecule has 0 bridgehead atoms. The van der Waals surface area contributed by atoms with Crippen LogP contribution in [0.5, 0.6) is 0 Å². The predicted molar refractivity (Wildman–Crippen MR) is 83.7 cm³/mol. The van der Waals surface area contributed by atoms with E-state index in [2.05, 4.69) is 0 Å². The second-order valence-electron chi connectivity index (χ2n) is 5.48. The van der Waals surface area contributed by atoms with Crippen molar-refractivity contribution in [3.63, 3.8) is 0 Å². The van der Waals surface area contributed by atoms with Gasteiger partial charge in [-0.2, -0.15) is 0 Å². The quantitative estimate of drug-likeness (QED) is 0.250. The van der Waals surface area contributed by atoms with Crippen molar-refractivity contribution in [3.05, 3.63) is 0 Å². The summed E-state index contributed by atoms with van der Waals surface area (Å²) >= 11 is 0. The number of unbranched alkanes of at least 4 members (excludes halogenated alkanes) is 3. The molecule has 0 aromatic carbocycles. The summed E-state index contributed by atoms with van der Waals surface area (Å²) < 4.78 is 65.7. The maximum absolute atomic E-state index is 12.6. The number of hydrogen-bond donors (Lipinski definition) is 0. The molecule has 0 aromatic heterocycles. The van der Waals surface area contributed by atoms with E-state index in [9.17, 15) is 21.6 Å². The fourth-order valence-corrected chi connectivity index (χ4v) is 9.26. The van der Waals surface area contributed by atoms with E-state index in [1.807, 2.05) is 20.8 Å². The summed E-state index contributed by atoms with van der Waals surface area (Å²) in [7, 11) is -8.40. The molecular formula is C13H28AgF3O3PS. The molecule has 0 saturated carbocycles. The van der Waals surface area contributed by atoms with Crippen LogP contribution in [0.2, 0.25) is 0 Å². The first-order valence-corrected chi connectivity index (χ1v) is 11.6. The Balaban J connectivity index is 0. The zero-order valence-electron chi connectivity index (χ0n) is 13.4. The Morgan fingerprint density at radius 2 is 1.18 bits per heavy atom. The van der Waals surface area contributed by atoms with Gasteiger partial charge in [-0.25, -0.2) is 0 Å². The summed E-state index contributed by atoms with van der Waals surface area (Å²) in [6.45, 7) is 5.82. The van der Waals surface area contributed by atoms with Gasteiger partial charge in [0.05, 0.1) is 0 Å². The van der Waals surface area contributed by atoms with Gasteiger partial charge in [-0.15, -0.1) is 0 Å². The Labute approximate surface area is 148 Å². The standard InChI is InChI=1S/C13H28F3O3PS.Ag/c1-4-7-10-20(11-8-5-2,12-9-6-3)19-21(17,18)13(14,15)16;/h20H,4-12H2,1-3H3;. The minimum atomic E-state index is -5.48. The van der Waals surface area contributed by atoms with Crippen LogP contribution in [0.3, 0.4) is 0 Å². The van der Waals surface area contributed by atoms with Gasteiger partial charge in [0.25, 0.3) is 0 Å². The van der Waals surface area contributed by atoms with Crippen molar-refractivity contribution in [2.24, 2.45) is 0 Å². The van der Waals surface area contributed by atoms with Crippen molar-refractivity contribution in [1.29, 1.82) is 0 Å². The monoisotopic (exact) mass is 459 g/mol. The minimum Gasteiger partial charge on any atom is 0 e. The third-order valence-corrected chi connectivity index (χ3v) is 10.2. The second-order valence-corrected chi connectivity index (χ2v) is 11.4. The van der Waals surface area contributed by atoms with E-state index in [0.717, 1.165) is 19.3 Å². The van der Waals surface area contributed by atoms with Crippen molar-refractivity contribution >= 4 is 17.6 Å². The molecule has 0 amide bonds. The van der Waals surface area contributed by atoms with E-state index in [0.29, 0.717) is 37.7 Å². The smallest absolute Gasteiger partial charge is 0 e. The molecule has 0 rings (SSSR count). The molecule has 9 heteroatoms. The summed E-state index contributed by atoms with van der Waals surface area (Å²) in [4.78, 5) is 0. The van der Waals surface area contributed by atoms with Crippen molar-refractivity contribution in [1.82, 2.24) is 0 Å². The molecule has 0 saturated heterocycles. The Bertz CT molecular complexity index is 367. The fourth-order valence-electron chi connectivity index (χ4n) is 2.28. The van der Waals surface area contributed by atoms with Crippen LogP contribution < -0.4 is 0 Å². The van der Waals surface area contributed by atoms with Gasteiger partial charge < -0.3 is 0 Å². The molecule has 0 aliphatic rings. The van der Waals surface area contributed by atoms with Crippen molar-refractivity contribution < 1.29 is 47.9 Å². The van der Waals surface area contributed by atoms with E-state index in [1.165, 1.54) is 0 Å². The van der Waals surface area contributed by atoms with Crippen LogP contribution in [-0.2, 0) is 36.5 Å². The zero-order chi connectivity index (χ0) is 16.6. The molecule has 0 aliphatic heterocycles. The van der Waals surface area contributed by atoms with Gasteiger partial charge in [0.1, 0.15) is 0 Å². The van der Waals surface area contributed by atoms with Gasteiger partial charge in [-0.05, 0) is 0 Å². The average molecular weight is 460 g/mol. The molecule has 1 radical (unpaired) electrons. The van der Waals surface area contributed by atoms with E-state index >= 15 is 0 Å². The molecule has 22 heavy (non-hydrogen) atoms. The van der Waals surface area contributed by atoms with Crippen LogP contribution in [0, 0.1) is 0 Å². The Kier molecular flexibility index (Phi) is 13.0. The minimum absolute atomic E-state index is 0. The van der Waals surface area contributed by atoms with Gasteiger partial charge in [-0.3, -0.25) is 0 Å². The first kappa shape index (κ1) is 25.1. The van der Waals surface area contributed by atoms with E-state index in [4.69, 9.17) is 3.97 Å². The van der Waals surface area contributed by atoms with E-state index in [-0.39, 0.29) is 22.4 Å². The molecule has 0 heterocycles. The fraction of sp³-hybridized carbons (Fsp3) is 1.00. The van der Waals surface area contributed by atoms with Crippen LogP contribution >= 0.6 is 7.49 Å². The molecule has 0 atom stereocenters. The SMILES string of the molecule is CCCC[PH](CCCC)(CCCC)OS(=O)(=O)C(F)(F)F.[Ag]. The molecule has 0 aliphatic carbocycles. The normalized spacial score (nSPS) is 13.7. The summed E-state index contributed by atoms with van der Waals surface area (Å²) in [5.74, 6) is 0.